The first-order valence-electron chi connectivity index (χ1n) is 8.09. The minimum atomic E-state index is 0.00475. The smallest absolute Gasteiger partial charge is 0.251 e. The van der Waals surface area contributed by atoms with Crippen molar-refractivity contribution in [3.63, 3.8) is 0 Å². The fourth-order valence-electron chi connectivity index (χ4n) is 4.20. The molecule has 0 aliphatic carbocycles. The summed E-state index contributed by atoms with van der Waals surface area (Å²) >= 11 is 0. The van der Waals surface area contributed by atoms with Gasteiger partial charge in [-0.3, -0.25) is 9.69 Å². The number of benzene rings is 1. The first-order valence-corrected chi connectivity index (χ1v) is 8.09. The topological polar surface area (TPSA) is 45.5 Å². The second kappa shape index (κ2) is 4.85. The van der Waals surface area contributed by atoms with Crippen LogP contribution in [0, 0.1) is 5.92 Å². The Morgan fingerprint density at radius 1 is 1.27 bits per heavy atom. The van der Waals surface area contributed by atoms with E-state index in [1.807, 2.05) is 24.3 Å². The summed E-state index contributed by atoms with van der Waals surface area (Å²) in [6.07, 6.45) is 4.03. The highest BCUT2D eigenvalue weighted by molar-refractivity contribution is 5.97. The summed E-state index contributed by atoms with van der Waals surface area (Å²) in [5.74, 6) is 0.599. The second-order valence-electron chi connectivity index (χ2n) is 7.10. The molecule has 5 rings (SSSR count). The highest BCUT2D eigenvalue weighted by atomic mass is 16.3. The molecule has 22 heavy (non-hydrogen) atoms. The van der Waals surface area contributed by atoms with Crippen molar-refractivity contribution in [3.05, 3.63) is 36.1 Å². The van der Waals surface area contributed by atoms with Crippen LogP contribution in [0.15, 0.2) is 34.9 Å². The van der Waals surface area contributed by atoms with E-state index in [2.05, 4.69) is 24.1 Å². The Morgan fingerprint density at radius 3 is 2.77 bits per heavy atom. The number of rotatable bonds is 2. The third-order valence-corrected chi connectivity index (χ3v) is 5.59. The molecule has 0 saturated carbocycles. The van der Waals surface area contributed by atoms with Gasteiger partial charge >= 0.3 is 0 Å². The van der Waals surface area contributed by atoms with Crippen LogP contribution >= 0.6 is 0 Å². The van der Waals surface area contributed by atoms with Crippen LogP contribution in [-0.4, -0.2) is 35.5 Å². The lowest BCUT2D eigenvalue weighted by atomic mass is 9.72. The van der Waals surface area contributed by atoms with Crippen molar-refractivity contribution in [2.75, 3.05) is 13.1 Å². The summed E-state index contributed by atoms with van der Waals surface area (Å²) in [6, 6.07) is 7.78. The van der Waals surface area contributed by atoms with E-state index in [-0.39, 0.29) is 17.5 Å². The maximum absolute atomic E-state index is 12.7. The largest absolute Gasteiger partial charge is 0.464 e. The molecular weight excluding hydrogens is 276 g/mol. The molecule has 3 fully saturated rings. The van der Waals surface area contributed by atoms with E-state index in [0.29, 0.717) is 11.5 Å². The summed E-state index contributed by atoms with van der Waals surface area (Å²) < 4.78 is 5.40. The van der Waals surface area contributed by atoms with Gasteiger partial charge in [-0.1, -0.05) is 6.07 Å². The Bertz CT molecular complexity index is 711. The molecule has 4 heterocycles. The maximum Gasteiger partial charge on any atom is 0.251 e. The second-order valence-corrected chi connectivity index (χ2v) is 7.10. The number of hydrogen-bond donors (Lipinski definition) is 1. The number of nitrogens with zero attached hydrogens (tertiary/aromatic N) is 1. The molecule has 0 unspecified atom stereocenters. The number of piperidine rings is 3. The zero-order chi connectivity index (χ0) is 15.3. The van der Waals surface area contributed by atoms with Crippen LogP contribution < -0.4 is 5.32 Å². The molecule has 1 aromatic carbocycles. The van der Waals surface area contributed by atoms with Crippen LogP contribution in [0.3, 0.4) is 0 Å². The fraction of sp³-hybridized carbons (Fsp3) is 0.500. The normalized spacial score (nSPS) is 29.6. The molecule has 1 amide bonds. The van der Waals surface area contributed by atoms with Crippen LogP contribution in [0.2, 0.25) is 0 Å². The van der Waals surface area contributed by atoms with E-state index in [1.165, 1.54) is 12.8 Å². The molecule has 2 aromatic rings. The highest BCUT2D eigenvalue weighted by Gasteiger charge is 2.48. The average molecular weight is 298 g/mol. The zero-order valence-corrected chi connectivity index (χ0v) is 13.1. The van der Waals surface area contributed by atoms with Crippen LogP contribution in [0.1, 0.15) is 37.0 Å². The van der Waals surface area contributed by atoms with Gasteiger partial charge in [0, 0.05) is 22.5 Å². The minimum absolute atomic E-state index is 0.00475. The third-order valence-electron chi connectivity index (χ3n) is 5.59. The molecule has 2 bridgehead atoms. The minimum Gasteiger partial charge on any atom is -0.464 e. The van der Waals surface area contributed by atoms with Crippen molar-refractivity contribution >= 4 is 16.9 Å². The number of nitrogens with one attached hydrogen (secondary N) is 1. The van der Waals surface area contributed by atoms with Crippen molar-refractivity contribution in [3.8, 4) is 0 Å². The van der Waals surface area contributed by atoms with Gasteiger partial charge < -0.3 is 9.73 Å². The summed E-state index contributed by atoms with van der Waals surface area (Å²) in [5, 5.41) is 4.32. The maximum atomic E-state index is 12.7. The monoisotopic (exact) mass is 298 g/mol. The summed E-state index contributed by atoms with van der Waals surface area (Å²) in [4.78, 5) is 15.2. The van der Waals surface area contributed by atoms with E-state index >= 15 is 0 Å². The van der Waals surface area contributed by atoms with E-state index in [0.717, 1.165) is 24.1 Å². The van der Waals surface area contributed by atoms with Crippen molar-refractivity contribution in [1.29, 1.82) is 0 Å². The Balaban J connectivity index is 1.58. The Kier molecular flexibility index (Phi) is 3.05. The number of fused-ring (bicyclic) bond motifs is 4. The van der Waals surface area contributed by atoms with Gasteiger partial charge in [-0.2, -0.15) is 0 Å². The molecular formula is C18H22N2O2. The van der Waals surface area contributed by atoms with E-state index in [9.17, 15) is 4.79 Å². The van der Waals surface area contributed by atoms with Gasteiger partial charge in [0.15, 0.2) is 0 Å². The van der Waals surface area contributed by atoms with Crippen LogP contribution in [0.5, 0.6) is 0 Å². The Labute approximate surface area is 130 Å². The molecule has 0 radical (unpaired) electrons. The molecule has 1 N–H and O–H groups in total. The van der Waals surface area contributed by atoms with Crippen LogP contribution in [0.4, 0.5) is 0 Å². The fourth-order valence-corrected chi connectivity index (χ4v) is 4.20. The van der Waals surface area contributed by atoms with Gasteiger partial charge in [-0.05, 0) is 63.9 Å². The Hall–Kier alpha value is -1.81. The SMILES string of the molecule is CC1(C)[C@@H](NC(=O)c2ccc3ccoc3c2)C2CCN1CC2. The van der Waals surface area contributed by atoms with Crippen molar-refractivity contribution in [1.82, 2.24) is 10.2 Å². The molecule has 3 saturated heterocycles. The molecule has 4 nitrogen and oxygen atoms in total. The predicted octanol–water partition coefficient (Wildman–Crippen LogP) is 3.04. The third kappa shape index (κ3) is 2.05. The quantitative estimate of drug-likeness (QED) is 0.927. The lowest BCUT2D eigenvalue weighted by Crippen LogP contribution is -2.69. The highest BCUT2D eigenvalue weighted by Crippen LogP contribution is 2.39. The average Bonchev–Trinajstić information content (AvgIpc) is 2.98. The van der Waals surface area contributed by atoms with Gasteiger partial charge in [0.1, 0.15) is 5.58 Å². The van der Waals surface area contributed by atoms with Crippen molar-refractivity contribution < 1.29 is 9.21 Å². The van der Waals surface area contributed by atoms with E-state index < -0.39 is 0 Å². The summed E-state index contributed by atoms with van der Waals surface area (Å²) in [7, 11) is 0. The van der Waals surface area contributed by atoms with Crippen LogP contribution in [-0.2, 0) is 0 Å². The number of amides is 1. The number of furan rings is 1. The predicted molar refractivity (Wildman–Crippen MR) is 85.8 cm³/mol. The van der Waals surface area contributed by atoms with Crippen LogP contribution in [0.25, 0.3) is 11.0 Å². The Morgan fingerprint density at radius 2 is 2.05 bits per heavy atom. The van der Waals surface area contributed by atoms with E-state index in [1.54, 1.807) is 6.26 Å². The standard InChI is InChI=1S/C18H22N2O2/c1-18(2)16(13-5-8-20(18)9-6-13)19-17(21)14-4-3-12-7-10-22-15(12)11-14/h3-4,7,10-11,13,16H,5-6,8-9H2,1-2H3,(H,19,21)/t16-/m0/s1. The number of carbonyl (C=O) groups is 1. The number of carbonyl (C=O) groups excluding carboxylic acids is 1. The summed E-state index contributed by atoms with van der Waals surface area (Å²) in [6.45, 7) is 6.81. The lowest BCUT2D eigenvalue weighted by molar-refractivity contribution is -0.0378. The first-order chi connectivity index (χ1) is 10.6. The zero-order valence-electron chi connectivity index (χ0n) is 13.1. The molecule has 3 aliphatic heterocycles. The molecule has 4 heteroatoms. The molecule has 1 atom stereocenters. The molecule has 1 aromatic heterocycles. The van der Waals surface area contributed by atoms with Gasteiger partial charge in [0.2, 0.25) is 0 Å². The molecule has 116 valence electrons. The molecule has 3 aliphatic rings. The number of hydrogen-bond acceptors (Lipinski definition) is 3. The first kappa shape index (κ1) is 13.8. The summed E-state index contributed by atoms with van der Waals surface area (Å²) in [5.41, 5.74) is 1.47. The van der Waals surface area contributed by atoms with Gasteiger partial charge in [0.05, 0.1) is 6.26 Å². The van der Waals surface area contributed by atoms with Gasteiger partial charge in [-0.15, -0.1) is 0 Å². The van der Waals surface area contributed by atoms with E-state index in [4.69, 9.17) is 4.42 Å². The van der Waals surface area contributed by atoms with Gasteiger partial charge in [0.25, 0.3) is 5.91 Å². The van der Waals surface area contributed by atoms with Crippen molar-refractivity contribution in [2.45, 2.75) is 38.3 Å². The lowest BCUT2D eigenvalue weighted by Gasteiger charge is -2.56. The molecule has 0 spiro atoms. The van der Waals surface area contributed by atoms with Crippen molar-refractivity contribution in [2.24, 2.45) is 5.92 Å². The van der Waals surface area contributed by atoms with Gasteiger partial charge in [-0.25, -0.2) is 0 Å².